The number of likely N-dealkylation sites (tertiary alicyclic amines) is 1. The fraction of sp³-hybridized carbons (Fsp3) is 0.684. The second kappa shape index (κ2) is 10.9. The van der Waals surface area contributed by atoms with Gasteiger partial charge in [0.2, 0.25) is 0 Å². The predicted molar refractivity (Wildman–Crippen MR) is 118 cm³/mol. The van der Waals surface area contributed by atoms with Crippen LogP contribution in [0.1, 0.15) is 30.3 Å². The Bertz CT molecular complexity index is 599. The van der Waals surface area contributed by atoms with Crippen molar-refractivity contribution in [1.29, 1.82) is 0 Å². The van der Waals surface area contributed by atoms with Crippen LogP contribution in [0, 0.1) is 5.92 Å². The predicted octanol–water partition coefficient (Wildman–Crippen LogP) is 1.96. The second-order valence-electron chi connectivity index (χ2n) is 7.09. The third-order valence-corrected chi connectivity index (χ3v) is 5.41. The van der Waals surface area contributed by atoms with E-state index >= 15 is 0 Å². The Morgan fingerprint density at radius 1 is 1.26 bits per heavy atom. The van der Waals surface area contributed by atoms with E-state index in [2.05, 4.69) is 27.0 Å². The molecule has 1 N–H and O–H groups in total. The van der Waals surface area contributed by atoms with Gasteiger partial charge in [-0.25, -0.2) is 0 Å². The number of hydrogen-bond acceptors (Lipinski definition) is 4. The highest BCUT2D eigenvalue weighted by atomic mass is 127. The number of nitrogens with one attached hydrogen (secondary N) is 1. The van der Waals surface area contributed by atoms with Gasteiger partial charge in [-0.1, -0.05) is 6.92 Å². The molecule has 1 unspecified atom stereocenters. The number of carbonyl (C=O) groups excluding carboxylic acids is 1. The fourth-order valence-corrected chi connectivity index (χ4v) is 3.85. The SMILES string of the molecule is CCN1CCCC(CNC(=NC)N2CCN(C(=O)c3ccco3)CC2)C1.I. The molecule has 0 radical (unpaired) electrons. The zero-order chi connectivity index (χ0) is 18.4. The summed E-state index contributed by atoms with van der Waals surface area (Å²) in [6, 6.07) is 3.47. The largest absolute Gasteiger partial charge is 0.459 e. The van der Waals surface area contributed by atoms with Crippen LogP contribution < -0.4 is 5.32 Å². The van der Waals surface area contributed by atoms with Crippen molar-refractivity contribution in [3.63, 3.8) is 0 Å². The van der Waals surface area contributed by atoms with Crippen molar-refractivity contribution in [3.05, 3.63) is 24.2 Å². The number of rotatable bonds is 4. The Hall–Kier alpha value is -1.29. The molecule has 0 spiro atoms. The van der Waals surface area contributed by atoms with Crippen molar-refractivity contribution in [2.45, 2.75) is 19.8 Å². The van der Waals surface area contributed by atoms with E-state index in [1.807, 2.05) is 11.9 Å². The minimum absolute atomic E-state index is 0. The normalized spacial score (nSPS) is 21.7. The van der Waals surface area contributed by atoms with Crippen LogP contribution >= 0.6 is 24.0 Å². The molecule has 1 atom stereocenters. The number of furan rings is 1. The van der Waals surface area contributed by atoms with Crippen molar-refractivity contribution in [2.24, 2.45) is 10.9 Å². The summed E-state index contributed by atoms with van der Waals surface area (Å²) in [6.07, 6.45) is 4.11. The Morgan fingerprint density at radius 3 is 2.63 bits per heavy atom. The topological polar surface area (TPSA) is 64.3 Å². The van der Waals surface area contributed by atoms with Gasteiger partial charge >= 0.3 is 0 Å². The molecule has 2 aliphatic rings. The number of piperazine rings is 1. The molecule has 2 fully saturated rings. The molecule has 3 heterocycles. The molecule has 152 valence electrons. The van der Waals surface area contributed by atoms with E-state index in [1.165, 1.54) is 25.9 Å². The lowest BCUT2D eigenvalue weighted by Gasteiger charge is -2.37. The average Bonchev–Trinajstić information content (AvgIpc) is 3.23. The zero-order valence-electron chi connectivity index (χ0n) is 16.4. The van der Waals surface area contributed by atoms with Crippen LogP contribution in [0.15, 0.2) is 27.8 Å². The van der Waals surface area contributed by atoms with Gasteiger partial charge in [-0.2, -0.15) is 0 Å². The van der Waals surface area contributed by atoms with Crippen LogP contribution in [0.2, 0.25) is 0 Å². The Kier molecular flexibility index (Phi) is 8.88. The lowest BCUT2D eigenvalue weighted by Crippen LogP contribution is -2.54. The maximum absolute atomic E-state index is 12.4. The van der Waals surface area contributed by atoms with Crippen LogP contribution in [0.5, 0.6) is 0 Å². The van der Waals surface area contributed by atoms with Crippen molar-refractivity contribution in [2.75, 3.05) is 59.4 Å². The van der Waals surface area contributed by atoms with Gasteiger partial charge in [-0.05, 0) is 44.0 Å². The lowest BCUT2D eigenvalue weighted by molar-refractivity contribution is 0.0657. The lowest BCUT2D eigenvalue weighted by atomic mass is 9.98. The van der Waals surface area contributed by atoms with Crippen molar-refractivity contribution >= 4 is 35.8 Å². The maximum Gasteiger partial charge on any atom is 0.289 e. The summed E-state index contributed by atoms with van der Waals surface area (Å²) in [5.41, 5.74) is 0. The van der Waals surface area contributed by atoms with Crippen molar-refractivity contribution < 1.29 is 9.21 Å². The Labute approximate surface area is 179 Å². The highest BCUT2D eigenvalue weighted by molar-refractivity contribution is 14.0. The monoisotopic (exact) mass is 489 g/mol. The second-order valence-corrected chi connectivity index (χ2v) is 7.09. The van der Waals surface area contributed by atoms with Crippen molar-refractivity contribution in [1.82, 2.24) is 20.0 Å². The summed E-state index contributed by atoms with van der Waals surface area (Å²) in [4.78, 5) is 23.4. The van der Waals surface area contributed by atoms with Crippen LogP contribution in [0.3, 0.4) is 0 Å². The molecule has 2 aliphatic heterocycles. The van der Waals surface area contributed by atoms with Crippen molar-refractivity contribution in [3.8, 4) is 0 Å². The molecule has 3 rings (SSSR count). The van der Waals surface area contributed by atoms with E-state index in [0.29, 0.717) is 24.8 Å². The molecule has 1 amide bonds. The first kappa shape index (κ1) is 22.0. The summed E-state index contributed by atoms with van der Waals surface area (Å²) in [7, 11) is 1.84. The minimum Gasteiger partial charge on any atom is -0.459 e. The highest BCUT2D eigenvalue weighted by Gasteiger charge is 2.26. The first-order valence-corrected chi connectivity index (χ1v) is 9.72. The molecule has 0 aliphatic carbocycles. The van der Waals surface area contributed by atoms with Crippen LogP contribution in [-0.4, -0.2) is 86.0 Å². The number of halogens is 1. The summed E-state index contributed by atoms with van der Waals surface area (Å²) in [6.45, 7) is 9.69. The van der Waals surface area contributed by atoms with Crippen LogP contribution in [0.25, 0.3) is 0 Å². The number of nitrogens with zero attached hydrogens (tertiary/aromatic N) is 4. The van der Waals surface area contributed by atoms with E-state index in [4.69, 9.17) is 4.42 Å². The standard InChI is InChI=1S/C19H31N5O2.HI/c1-3-22-8-4-6-16(15-22)14-21-19(20-2)24-11-9-23(10-12-24)18(25)17-7-5-13-26-17;/h5,7,13,16H,3-4,6,8-12,14-15H2,1-2H3,(H,20,21);1H. The number of guanidine groups is 1. The molecule has 0 bridgehead atoms. The first-order valence-electron chi connectivity index (χ1n) is 9.72. The van der Waals surface area contributed by atoms with Gasteiger partial charge in [-0.15, -0.1) is 24.0 Å². The molecule has 0 aromatic carbocycles. The molecule has 7 nitrogen and oxygen atoms in total. The number of piperidine rings is 1. The van der Waals surface area contributed by atoms with Crippen LogP contribution in [0.4, 0.5) is 0 Å². The molecule has 1 aromatic heterocycles. The van der Waals surface area contributed by atoms with Gasteiger partial charge < -0.3 is 24.4 Å². The molecular weight excluding hydrogens is 457 g/mol. The molecule has 2 saturated heterocycles. The highest BCUT2D eigenvalue weighted by Crippen LogP contribution is 2.15. The molecule has 0 saturated carbocycles. The fourth-order valence-electron chi connectivity index (χ4n) is 3.85. The Balaban J connectivity index is 0.00000261. The summed E-state index contributed by atoms with van der Waals surface area (Å²) >= 11 is 0. The quantitative estimate of drug-likeness (QED) is 0.398. The summed E-state index contributed by atoms with van der Waals surface area (Å²) < 4.78 is 5.22. The van der Waals surface area contributed by atoms with E-state index in [1.54, 1.807) is 18.4 Å². The van der Waals surface area contributed by atoms with Gasteiger partial charge in [0.25, 0.3) is 5.91 Å². The van der Waals surface area contributed by atoms with E-state index in [0.717, 1.165) is 32.1 Å². The molecular formula is C19H32IN5O2. The Morgan fingerprint density at radius 2 is 2.00 bits per heavy atom. The van der Waals surface area contributed by atoms with E-state index in [-0.39, 0.29) is 29.9 Å². The van der Waals surface area contributed by atoms with E-state index < -0.39 is 0 Å². The maximum atomic E-state index is 12.4. The number of carbonyl (C=O) groups is 1. The smallest absolute Gasteiger partial charge is 0.289 e. The number of hydrogen-bond donors (Lipinski definition) is 1. The molecule has 27 heavy (non-hydrogen) atoms. The van der Waals surface area contributed by atoms with E-state index in [9.17, 15) is 4.79 Å². The summed E-state index contributed by atoms with van der Waals surface area (Å²) in [5.74, 6) is 2.02. The molecule has 1 aromatic rings. The van der Waals surface area contributed by atoms with Gasteiger partial charge in [0.1, 0.15) is 0 Å². The molecule has 8 heteroatoms. The number of aliphatic imine (C=N–C) groups is 1. The van der Waals surface area contributed by atoms with Gasteiger partial charge in [0.15, 0.2) is 11.7 Å². The third-order valence-electron chi connectivity index (χ3n) is 5.41. The third kappa shape index (κ3) is 5.84. The van der Waals surface area contributed by atoms with Gasteiger partial charge in [-0.3, -0.25) is 9.79 Å². The van der Waals surface area contributed by atoms with Crippen LogP contribution in [-0.2, 0) is 0 Å². The average molecular weight is 489 g/mol. The zero-order valence-corrected chi connectivity index (χ0v) is 18.7. The van der Waals surface area contributed by atoms with Gasteiger partial charge in [0, 0.05) is 46.3 Å². The number of amides is 1. The minimum atomic E-state index is -0.0283. The summed E-state index contributed by atoms with van der Waals surface area (Å²) in [5, 5.41) is 3.55. The first-order chi connectivity index (χ1) is 12.7. The van der Waals surface area contributed by atoms with Gasteiger partial charge in [0.05, 0.1) is 6.26 Å².